The molecule has 1 aromatic rings. The molecule has 1 fully saturated rings. The summed E-state index contributed by atoms with van der Waals surface area (Å²) in [5.41, 5.74) is 0.119. The Morgan fingerprint density at radius 3 is 3.00 bits per heavy atom. The second-order valence-electron chi connectivity index (χ2n) is 4.16. The summed E-state index contributed by atoms with van der Waals surface area (Å²) in [5.74, 6) is -0.757. The Morgan fingerprint density at radius 2 is 2.35 bits per heavy atom. The van der Waals surface area contributed by atoms with Crippen LogP contribution < -0.4 is 5.32 Å². The first kappa shape index (κ1) is 12.5. The van der Waals surface area contributed by atoms with Crippen molar-refractivity contribution in [1.82, 2.24) is 10.2 Å². The van der Waals surface area contributed by atoms with Crippen LogP contribution in [-0.2, 0) is 0 Å². The van der Waals surface area contributed by atoms with E-state index in [4.69, 9.17) is 0 Å². The first-order valence-electron chi connectivity index (χ1n) is 5.53. The van der Waals surface area contributed by atoms with Crippen LogP contribution in [0.5, 0.6) is 0 Å². The van der Waals surface area contributed by atoms with Crippen LogP contribution in [-0.4, -0.2) is 37.0 Å². The van der Waals surface area contributed by atoms with Crippen LogP contribution in [0.15, 0.2) is 22.7 Å². The van der Waals surface area contributed by atoms with Gasteiger partial charge in [-0.1, -0.05) is 6.07 Å². The zero-order valence-corrected chi connectivity index (χ0v) is 11.1. The number of halogens is 2. The zero-order chi connectivity index (χ0) is 12.4. The quantitative estimate of drug-likeness (QED) is 0.906. The lowest BCUT2D eigenvalue weighted by atomic mass is 10.1. The van der Waals surface area contributed by atoms with Crippen molar-refractivity contribution < 1.29 is 9.18 Å². The van der Waals surface area contributed by atoms with Crippen molar-refractivity contribution in [2.24, 2.45) is 0 Å². The number of amides is 1. The monoisotopic (exact) mass is 300 g/mol. The standard InChI is InChI=1S/C12H14BrFN2O/c1-16(8-5-6-15-7-8)12(17)9-3-2-4-10(13)11(9)14/h2-4,8,15H,5-7H2,1H3. The first-order chi connectivity index (χ1) is 8.11. The van der Waals surface area contributed by atoms with E-state index >= 15 is 0 Å². The smallest absolute Gasteiger partial charge is 0.256 e. The van der Waals surface area contributed by atoms with E-state index in [1.807, 2.05) is 0 Å². The lowest BCUT2D eigenvalue weighted by Crippen LogP contribution is -2.38. The average Bonchev–Trinajstić information content (AvgIpc) is 2.84. The van der Waals surface area contributed by atoms with Gasteiger partial charge in [0.05, 0.1) is 10.0 Å². The van der Waals surface area contributed by atoms with E-state index in [0.29, 0.717) is 4.47 Å². The zero-order valence-electron chi connectivity index (χ0n) is 9.54. The number of likely N-dealkylation sites (N-methyl/N-ethyl adjacent to an activating group) is 1. The maximum Gasteiger partial charge on any atom is 0.256 e. The maximum absolute atomic E-state index is 13.8. The van der Waals surface area contributed by atoms with Crippen molar-refractivity contribution in [3.05, 3.63) is 34.1 Å². The Morgan fingerprint density at radius 1 is 1.59 bits per heavy atom. The minimum atomic E-state index is -0.490. The summed E-state index contributed by atoms with van der Waals surface area (Å²) in [6, 6.07) is 4.92. The number of carbonyl (C=O) groups excluding carboxylic acids is 1. The van der Waals surface area contributed by atoms with Crippen molar-refractivity contribution in [3.63, 3.8) is 0 Å². The molecule has 92 valence electrons. The summed E-state index contributed by atoms with van der Waals surface area (Å²) in [7, 11) is 1.72. The van der Waals surface area contributed by atoms with Crippen molar-refractivity contribution in [2.75, 3.05) is 20.1 Å². The van der Waals surface area contributed by atoms with Gasteiger partial charge in [-0.15, -0.1) is 0 Å². The molecule has 0 aromatic heterocycles. The van der Waals surface area contributed by atoms with Crippen LogP contribution in [0.4, 0.5) is 4.39 Å². The van der Waals surface area contributed by atoms with Crippen molar-refractivity contribution in [3.8, 4) is 0 Å². The molecule has 1 N–H and O–H groups in total. The molecule has 1 amide bonds. The third-order valence-corrected chi connectivity index (χ3v) is 3.70. The van der Waals surface area contributed by atoms with Gasteiger partial charge < -0.3 is 10.2 Å². The van der Waals surface area contributed by atoms with Crippen molar-refractivity contribution in [1.29, 1.82) is 0 Å². The highest BCUT2D eigenvalue weighted by atomic mass is 79.9. The summed E-state index contributed by atoms with van der Waals surface area (Å²) in [5, 5.41) is 3.19. The van der Waals surface area contributed by atoms with Gasteiger partial charge in [-0.05, 0) is 41.0 Å². The largest absolute Gasteiger partial charge is 0.337 e. The normalized spacial score (nSPS) is 19.4. The summed E-state index contributed by atoms with van der Waals surface area (Å²) in [6.07, 6.45) is 0.915. The van der Waals surface area contributed by atoms with Crippen LogP contribution in [0.25, 0.3) is 0 Å². The molecule has 1 unspecified atom stereocenters. The number of benzene rings is 1. The predicted octanol–water partition coefficient (Wildman–Crippen LogP) is 2.02. The highest BCUT2D eigenvalue weighted by molar-refractivity contribution is 9.10. The number of rotatable bonds is 2. The van der Waals surface area contributed by atoms with Crippen LogP contribution in [0.1, 0.15) is 16.8 Å². The molecule has 1 heterocycles. The van der Waals surface area contributed by atoms with E-state index in [0.717, 1.165) is 19.5 Å². The topological polar surface area (TPSA) is 32.3 Å². The molecule has 0 saturated carbocycles. The fraction of sp³-hybridized carbons (Fsp3) is 0.417. The van der Waals surface area contributed by atoms with E-state index in [1.54, 1.807) is 24.1 Å². The van der Waals surface area contributed by atoms with Gasteiger partial charge in [0, 0.05) is 19.6 Å². The first-order valence-corrected chi connectivity index (χ1v) is 6.32. The fourth-order valence-electron chi connectivity index (χ4n) is 1.99. The van der Waals surface area contributed by atoms with Gasteiger partial charge in [0.25, 0.3) is 5.91 Å². The molecule has 0 bridgehead atoms. The number of nitrogens with zero attached hydrogens (tertiary/aromatic N) is 1. The minimum absolute atomic E-state index is 0.119. The molecule has 0 aliphatic carbocycles. The van der Waals surface area contributed by atoms with E-state index in [-0.39, 0.29) is 17.5 Å². The lowest BCUT2D eigenvalue weighted by Gasteiger charge is -2.24. The number of hydrogen-bond acceptors (Lipinski definition) is 2. The average molecular weight is 301 g/mol. The van der Waals surface area contributed by atoms with Gasteiger partial charge in [-0.3, -0.25) is 4.79 Å². The fourth-order valence-corrected chi connectivity index (χ4v) is 2.36. The molecule has 3 nitrogen and oxygen atoms in total. The third-order valence-electron chi connectivity index (χ3n) is 3.08. The third kappa shape index (κ3) is 2.50. The van der Waals surface area contributed by atoms with E-state index in [2.05, 4.69) is 21.2 Å². The van der Waals surface area contributed by atoms with Gasteiger partial charge in [0.2, 0.25) is 0 Å². The molecule has 17 heavy (non-hydrogen) atoms. The molecule has 1 saturated heterocycles. The highest BCUT2D eigenvalue weighted by Crippen LogP contribution is 2.20. The predicted molar refractivity (Wildman–Crippen MR) is 67.5 cm³/mol. The minimum Gasteiger partial charge on any atom is -0.337 e. The molecule has 0 radical (unpaired) electrons. The van der Waals surface area contributed by atoms with Crippen LogP contribution >= 0.6 is 15.9 Å². The molecule has 2 rings (SSSR count). The second-order valence-corrected chi connectivity index (χ2v) is 5.02. The summed E-state index contributed by atoms with van der Waals surface area (Å²) in [4.78, 5) is 13.8. The van der Waals surface area contributed by atoms with Crippen LogP contribution in [0.3, 0.4) is 0 Å². The Balaban J connectivity index is 2.21. The molecule has 0 spiro atoms. The van der Waals surface area contributed by atoms with Gasteiger partial charge in [-0.25, -0.2) is 4.39 Å². The van der Waals surface area contributed by atoms with Gasteiger partial charge in [0.1, 0.15) is 5.82 Å². The van der Waals surface area contributed by atoms with Gasteiger partial charge in [-0.2, -0.15) is 0 Å². The van der Waals surface area contributed by atoms with Crippen molar-refractivity contribution >= 4 is 21.8 Å². The Kier molecular flexibility index (Phi) is 3.79. The molecule has 1 aliphatic rings. The summed E-state index contributed by atoms with van der Waals surface area (Å²) >= 11 is 3.09. The van der Waals surface area contributed by atoms with Crippen molar-refractivity contribution in [2.45, 2.75) is 12.5 Å². The summed E-state index contributed by atoms with van der Waals surface area (Å²) in [6.45, 7) is 1.68. The SMILES string of the molecule is CN(C(=O)c1cccc(Br)c1F)C1CCNC1. The molecular weight excluding hydrogens is 287 g/mol. The molecule has 1 aliphatic heterocycles. The maximum atomic E-state index is 13.8. The molecule has 5 heteroatoms. The van der Waals surface area contributed by atoms with Crippen LogP contribution in [0, 0.1) is 5.82 Å². The molecule has 1 aromatic carbocycles. The number of carbonyl (C=O) groups is 1. The lowest BCUT2D eigenvalue weighted by molar-refractivity contribution is 0.0739. The second kappa shape index (κ2) is 5.14. The Hall–Kier alpha value is -0.940. The Bertz CT molecular complexity index is 433. The number of nitrogens with one attached hydrogen (secondary N) is 1. The van der Waals surface area contributed by atoms with Crippen LogP contribution in [0.2, 0.25) is 0 Å². The number of hydrogen-bond donors (Lipinski definition) is 1. The Labute approximate surface area is 108 Å². The van der Waals surface area contributed by atoms with Gasteiger partial charge >= 0.3 is 0 Å². The molecule has 1 atom stereocenters. The van der Waals surface area contributed by atoms with E-state index in [1.165, 1.54) is 6.07 Å². The van der Waals surface area contributed by atoms with Gasteiger partial charge in [0.15, 0.2) is 0 Å². The van der Waals surface area contributed by atoms with E-state index in [9.17, 15) is 9.18 Å². The summed E-state index contributed by atoms with van der Waals surface area (Å²) < 4.78 is 14.1. The highest BCUT2D eigenvalue weighted by Gasteiger charge is 2.26. The molecular formula is C12H14BrFN2O. The van der Waals surface area contributed by atoms with E-state index < -0.39 is 5.82 Å².